The number of halogens is 2. The number of hydrogen-bond donors (Lipinski definition) is 0. The van der Waals surface area contributed by atoms with Crippen LogP contribution in [0.3, 0.4) is 0 Å². The molecule has 0 saturated heterocycles. The maximum atomic E-state index is 11.8. The van der Waals surface area contributed by atoms with Crippen molar-refractivity contribution >= 4 is 10.3 Å². The highest BCUT2D eigenvalue weighted by Crippen LogP contribution is 2.07. The summed E-state index contributed by atoms with van der Waals surface area (Å²) in [5.74, 6) is 0. The monoisotopic (exact) mass is 280 g/mol. The molecule has 4 nitrogen and oxygen atoms in total. The Morgan fingerprint density at radius 2 is 1.72 bits per heavy atom. The normalized spacial score (nSPS) is 11.9. The van der Waals surface area contributed by atoms with Crippen molar-refractivity contribution in [3.63, 3.8) is 0 Å². The van der Waals surface area contributed by atoms with Gasteiger partial charge in [0.25, 0.3) is 0 Å². The first-order chi connectivity index (χ1) is 8.52. The summed E-state index contributed by atoms with van der Waals surface area (Å²) in [6.45, 7) is 0.00741. The Balaban J connectivity index is 2.27. The third kappa shape index (κ3) is 5.50. The maximum absolute atomic E-state index is 11.8. The van der Waals surface area contributed by atoms with Crippen LogP contribution in [0.15, 0.2) is 30.6 Å². The topological polar surface area (TPSA) is 47.3 Å². The third-order valence-electron chi connectivity index (χ3n) is 2.25. The molecule has 0 saturated carbocycles. The molecule has 0 amide bonds. The van der Waals surface area contributed by atoms with Gasteiger partial charge in [0, 0.05) is 18.6 Å². The average molecular weight is 280 g/mol. The number of nitrogens with zero attached hydrogens (tertiary/aromatic N) is 1. The van der Waals surface area contributed by atoms with Crippen LogP contribution in [0, 0.1) is 0 Å². The fourth-order valence-corrected chi connectivity index (χ4v) is 2.22. The van der Waals surface area contributed by atoms with E-state index in [9.17, 15) is 17.2 Å². The van der Waals surface area contributed by atoms with Crippen molar-refractivity contribution in [2.24, 2.45) is 0 Å². The lowest BCUT2D eigenvalue weighted by molar-refractivity contribution is -0.520. The summed E-state index contributed by atoms with van der Waals surface area (Å²) in [6, 6.07) is 4.84. The van der Waals surface area contributed by atoms with Gasteiger partial charge >= 0.3 is 10.3 Å². The Morgan fingerprint density at radius 1 is 1.06 bits per heavy atom. The third-order valence-corrected chi connectivity index (χ3v) is 3.47. The van der Waals surface area contributed by atoms with Crippen molar-refractivity contribution in [3.05, 3.63) is 30.6 Å². The van der Waals surface area contributed by atoms with Crippen molar-refractivity contribution in [1.29, 1.82) is 0 Å². The van der Waals surface area contributed by atoms with E-state index in [2.05, 4.69) is 0 Å². The van der Waals surface area contributed by atoms with Crippen LogP contribution < -0.4 is 3.97 Å². The van der Waals surface area contributed by atoms with Crippen LogP contribution in [0.4, 0.5) is 8.78 Å². The fourth-order valence-electron chi connectivity index (χ4n) is 1.33. The Kier molecular flexibility index (Phi) is 6.14. The molecule has 0 aliphatic rings. The fraction of sp³-hybridized carbons (Fsp3) is 0.545. The lowest BCUT2D eigenvalue weighted by Gasteiger charge is -2.01. The number of alkyl halides is 2. The van der Waals surface area contributed by atoms with Crippen LogP contribution >= 0.6 is 0 Å². The molecule has 0 atom stereocenters. The predicted octanol–water partition coefficient (Wildman–Crippen LogP) is 1.91. The Hall–Kier alpha value is -1.08. The van der Waals surface area contributed by atoms with Crippen LogP contribution in [0.1, 0.15) is 25.7 Å². The van der Waals surface area contributed by atoms with Crippen LogP contribution in [0.25, 0.3) is 0 Å². The van der Waals surface area contributed by atoms with E-state index in [4.69, 9.17) is 4.18 Å². The van der Waals surface area contributed by atoms with Crippen LogP contribution in [0.2, 0.25) is 0 Å². The summed E-state index contributed by atoms with van der Waals surface area (Å²) in [5, 5.41) is 0. The smallest absolute Gasteiger partial charge is 0.218 e. The molecule has 0 fully saturated rings. The van der Waals surface area contributed by atoms with Crippen LogP contribution in [-0.2, 0) is 14.5 Å². The van der Waals surface area contributed by atoms with Crippen LogP contribution in [-0.4, -0.2) is 21.5 Å². The molecule has 1 aromatic rings. The second-order valence-corrected chi connectivity index (χ2v) is 5.24. The summed E-state index contributed by atoms with van der Waals surface area (Å²) >= 11 is 0. The molecule has 1 heterocycles. The minimum absolute atomic E-state index is 0.00741. The van der Waals surface area contributed by atoms with Gasteiger partial charge < -0.3 is 0 Å². The van der Waals surface area contributed by atoms with Gasteiger partial charge in [-0.3, -0.25) is 0 Å². The highest BCUT2D eigenvalue weighted by atomic mass is 32.2. The Labute approximate surface area is 105 Å². The lowest BCUT2D eigenvalue weighted by atomic mass is 10.2. The zero-order valence-electron chi connectivity index (χ0n) is 9.84. The van der Waals surface area contributed by atoms with E-state index in [-0.39, 0.29) is 13.0 Å². The van der Waals surface area contributed by atoms with E-state index in [1.54, 1.807) is 18.2 Å². The van der Waals surface area contributed by atoms with Gasteiger partial charge in [0.1, 0.15) is 0 Å². The van der Waals surface area contributed by atoms with Gasteiger partial charge in [-0.2, -0.15) is 0 Å². The SMILES string of the molecule is O=S(=O)(OCCCCCC(F)F)[n+]1ccccc1. The first-order valence-electron chi connectivity index (χ1n) is 5.67. The molecular weight excluding hydrogens is 264 g/mol. The highest BCUT2D eigenvalue weighted by Gasteiger charge is 2.21. The van der Waals surface area contributed by atoms with Gasteiger partial charge in [0.2, 0.25) is 6.43 Å². The summed E-state index contributed by atoms with van der Waals surface area (Å²) in [5.41, 5.74) is 0. The molecule has 1 aromatic heterocycles. The minimum atomic E-state index is -3.80. The standard InChI is InChI=1S/C11H16F2NO3S/c12-11(13)7-3-1-6-10-17-18(15,16)14-8-4-2-5-9-14/h2,4-5,8-9,11H,1,3,6-7,10H2/q+1. The molecule has 102 valence electrons. The molecule has 0 spiro atoms. The quantitative estimate of drug-likeness (QED) is 0.540. The number of hydrogen-bond acceptors (Lipinski definition) is 3. The number of pyridine rings is 1. The van der Waals surface area contributed by atoms with Gasteiger partial charge in [-0.1, -0.05) is 16.5 Å². The van der Waals surface area contributed by atoms with Gasteiger partial charge in [0.05, 0.1) is 6.61 Å². The summed E-state index contributed by atoms with van der Waals surface area (Å²) in [4.78, 5) is 0. The summed E-state index contributed by atoms with van der Waals surface area (Å²) in [7, 11) is -3.80. The average Bonchev–Trinajstić information content (AvgIpc) is 2.34. The zero-order valence-corrected chi connectivity index (χ0v) is 10.7. The number of rotatable bonds is 8. The molecule has 0 aliphatic heterocycles. The van der Waals surface area contributed by atoms with Gasteiger partial charge in [-0.25, -0.2) is 13.0 Å². The molecule has 0 radical (unpaired) electrons. The molecule has 0 bridgehead atoms. The molecular formula is C11H16F2NO3S+. The Morgan fingerprint density at radius 3 is 2.33 bits per heavy atom. The molecule has 0 unspecified atom stereocenters. The second kappa shape index (κ2) is 7.38. The van der Waals surface area contributed by atoms with E-state index in [0.29, 0.717) is 19.3 Å². The molecule has 0 N–H and O–H groups in total. The van der Waals surface area contributed by atoms with Crippen LogP contribution in [0.5, 0.6) is 0 Å². The number of unbranched alkanes of at least 4 members (excludes halogenated alkanes) is 2. The zero-order chi connectivity index (χ0) is 13.4. The molecule has 1 rings (SSSR count). The molecule has 0 aliphatic carbocycles. The Bertz CT molecular complexity index is 437. The van der Waals surface area contributed by atoms with Crippen molar-refractivity contribution in [1.82, 2.24) is 0 Å². The van der Waals surface area contributed by atoms with Crippen molar-refractivity contribution < 1.29 is 25.4 Å². The molecule has 18 heavy (non-hydrogen) atoms. The largest absolute Gasteiger partial charge is 0.513 e. The first-order valence-corrected chi connectivity index (χ1v) is 7.03. The molecule has 7 heteroatoms. The maximum Gasteiger partial charge on any atom is 0.513 e. The van der Waals surface area contributed by atoms with Crippen molar-refractivity contribution in [2.45, 2.75) is 32.1 Å². The number of aromatic nitrogens is 1. The van der Waals surface area contributed by atoms with E-state index in [1.165, 1.54) is 12.4 Å². The highest BCUT2D eigenvalue weighted by molar-refractivity contribution is 7.80. The van der Waals surface area contributed by atoms with Gasteiger partial charge in [0.15, 0.2) is 12.4 Å². The van der Waals surface area contributed by atoms with E-state index in [0.717, 1.165) is 3.97 Å². The van der Waals surface area contributed by atoms with E-state index >= 15 is 0 Å². The second-order valence-electron chi connectivity index (χ2n) is 3.73. The van der Waals surface area contributed by atoms with Gasteiger partial charge in [-0.15, -0.1) is 8.42 Å². The summed E-state index contributed by atoms with van der Waals surface area (Å²) in [6.07, 6.45) is 1.63. The predicted molar refractivity (Wildman–Crippen MR) is 61.4 cm³/mol. The van der Waals surface area contributed by atoms with Crippen molar-refractivity contribution in [3.8, 4) is 0 Å². The van der Waals surface area contributed by atoms with E-state index < -0.39 is 16.7 Å². The van der Waals surface area contributed by atoms with Crippen molar-refractivity contribution in [2.75, 3.05) is 6.61 Å². The van der Waals surface area contributed by atoms with Gasteiger partial charge in [-0.05, 0) is 12.8 Å². The summed E-state index contributed by atoms with van der Waals surface area (Å²) < 4.78 is 52.6. The first kappa shape index (κ1) is 15.0. The lowest BCUT2D eigenvalue weighted by Crippen LogP contribution is -2.43. The minimum Gasteiger partial charge on any atom is -0.218 e. The molecule has 0 aromatic carbocycles. The van der Waals surface area contributed by atoms with E-state index in [1.807, 2.05) is 0 Å².